The molecule has 2 aromatic rings. The lowest BCUT2D eigenvalue weighted by Crippen LogP contribution is -3.28. The van der Waals surface area contributed by atoms with Crippen molar-refractivity contribution in [3.05, 3.63) is 77.9 Å². The summed E-state index contributed by atoms with van der Waals surface area (Å²) in [6, 6.07) is 19.7. The van der Waals surface area contributed by atoms with Crippen molar-refractivity contribution in [3.8, 4) is 0 Å². The van der Waals surface area contributed by atoms with E-state index in [0.717, 1.165) is 38.3 Å². The summed E-state index contributed by atoms with van der Waals surface area (Å²) in [5.74, 6) is -0.0322. The normalized spacial score (nSPS) is 20.0. The molecule has 30 heavy (non-hydrogen) atoms. The molecule has 5 nitrogen and oxygen atoms in total. The van der Waals surface area contributed by atoms with Crippen molar-refractivity contribution < 1.29 is 19.4 Å². The molecular formula is C25H33N3O2+2. The van der Waals surface area contributed by atoms with Gasteiger partial charge in [0.1, 0.15) is 26.2 Å². The van der Waals surface area contributed by atoms with E-state index in [1.54, 1.807) is 11.8 Å². The minimum Gasteiger partial charge on any atom is -0.341 e. The second-order valence-electron chi connectivity index (χ2n) is 8.11. The SMILES string of the molecule is CC(=O)[C@H](Cc1ccccc1)NC(=O)C[NH+]1CC[NH+](C/C=C/c2ccccc2)CC1. The fourth-order valence-corrected chi connectivity index (χ4v) is 3.88. The molecular weight excluding hydrogens is 374 g/mol. The first kappa shape index (κ1) is 21.9. The maximum atomic E-state index is 12.5. The van der Waals surface area contributed by atoms with Gasteiger partial charge in [-0.2, -0.15) is 0 Å². The minimum atomic E-state index is -0.450. The Kier molecular flexibility index (Phi) is 8.36. The van der Waals surface area contributed by atoms with Crippen LogP contribution in [0.5, 0.6) is 0 Å². The molecule has 0 radical (unpaired) electrons. The van der Waals surface area contributed by atoms with Gasteiger partial charge in [0.15, 0.2) is 12.3 Å². The van der Waals surface area contributed by atoms with Crippen LogP contribution < -0.4 is 15.1 Å². The van der Waals surface area contributed by atoms with Gasteiger partial charge in [0.05, 0.1) is 12.6 Å². The highest BCUT2D eigenvalue weighted by Crippen LogP contribution is 2.04. The Morgan fingerprint density at radius 1 is 0.933 bits per heavy atom. The van der Waals surface area contributed by atoms with E-state index in [4.69, 9.17) is 0 Å². The molecule has 3 rings (SSSR count). The van der Waals surface area contributed by atoms with Crippen LogP contribution in [0.2, 0.25) is 0 Å². The molecule has 1 aliphatic heterocycles. The zero-order valence-electron chi connectivity index (χ0n) is 17.8. The fourth-order valence-electron chi connectivity index (χ4n) is 3.88. The highest BCUT2D eigenvalue weighted by atomic mass is 16.2. The van der Waals surface area contributed by atoms with Crippen LogP contribution in [-0.2, 0) is 16.0 Å². The maximum absolute atomic E-state index is 12.5. The average molecular weight is 408 g/mol. The molecule has 0 unspecified atom stereocenters. The number of ketones is 1. The number of quaternary nitrogens is 2. The van der Waals surface area contributed by atoms with Gasteiger partial charge in [-0.25, -0.2) is 0 Å². The van der Waals surface area contributed by atoms with Crippen molar-refractivity contribution in [2.75, 3.05) is 39.3 Å². The van der Waals surface area contributed by atoms with E-state index < -0.39 is 6.04 Å². The van der Waals surface area contributed by atoms with Gasteiger partial charge in [0.25, 0.3) is 5.91 Å². The molecule has 0 aromatic heterocycles. The summed E-state index contributed by atoms with van der Waals surface area (Å²) in [5.41, 5.74) is 2.29. The molecule has 0 saturated carbocycles. The van der Waals surface area contributed by atoms with E-state index in [-0.39, 0.29) is 11.7 Å². The van der Waals surface area contributed by atoms with Crippen LogP contribution in [0.1, 0.15) is 18.1 Å². The van der Waals surface area contributed by atoms with Gasteiger partial charge in [-0.3, -0.25) is 9.59 Å². The van der Waals surface area contributed by atoms with E-state index >= 15 is 0 Å². The first-order valence-electron chi connectivity index (χ1n) is 10.8. The topological polar surface area (TPSA) is 55.0 Å². The Bertz CT molecular complexity index is 828. The Labute approximate surface area is 179 Å². The first-order valence-corrected chi connectivity index (χ1v) is 10.8. The fraction of sp³-hybridized carbons (Fsp3) is 0.360. The number of rotatable bonds is 9. The number of piperazine rings is 1. The largest absolute Gasteiger partial charge is 0.341 e. The maximum Gasteiger partial charge on any atom is 0.275 e. The van der Waals surface area contributed by atoms with Crippen molar-refractivity contribution >= 4 is 17.8 Å². The summed E-state index contributed by atoms with van der Waals surface area (Å²) >= 11 is 0. The number of hydrogen-bond acceptors (Lipinski definition) is 2. The van der Waals surface area contributed by atoms with Gasteiger partial charge in [-0.1, -0.05) is 66.7 Å². The zero-order chi connectivity index (χ0) is 21.2. The van der Waals surface area contributed by atoms with Crippen LogP contribution in [0.15, 0.2) is 66.7 Å². The molecule has 158 valence electrons. The number of Topliss-reactive ketones (excluding diaryl/α,β-unsaturated/α-hetero) is 1. The molecule has 1 fully saturated rings. The van der Waals surface area contributed by atoms with Crippen LogP contribution in [0.4, 0.5) is 0 Å². The second kappa shape index (κ2) is 11.4. The first-order chi connectivity index (χ1) is 14.6. The highest BCUT2D eigenvalue weighted by Gasteiger charge is 2.25. The number of carbonyl (C=O) groups excluding carboxylic acids is 2. The third kappa shape index (κ3) is 7.25. The third-order valence-electron chi connectivity index (χ3n) is 5.70. The molecule has 0 bridgehead atoms. The van der Waals surface area contributed by atoms with Crippen molar-refractivity contribution in [1.82, 2.24) is 5.32 Å². The molecule has 3 N–H and O–H groups in total. The molecule has 2 aromatic carbocycles. The Hall–Kier alpha value is -2.76. The lowest BCUT2D eigenvalue weighted by molar-refractivity contribution is -1.01. The Morgan fingerprint density at radius 3 is 2.17 bits per heavy atom. The van der Waals surface area contributed by atoms with Crippen molar-refractivity contribution in [2.24, 2.45) is 0 Å². The van der Waals surface area contributed by atoms with E-state index in [2.05, 4.69) is 41.7 Å². The summed E-state index contributed by atoms with van der Waals surface area (Å²) < 4.78 is 0. The third-order valence-corrected chi connectivity index (χ3v) is 5.70. The lowest BCUT2D eigenvalue weighted by atomic mass is 10.0. The lowest BCUT2D eigenvalue weighted by Gasteiger charge is -2.29. The minimum absolute atomic E-state index is 0.00155. The van der Waals surface area contributed by atoms with E-state index in [9.17, 15) is 9.59 Å². The number of benzene rings is 2. The number of carbonyl (C=O) groups is 2. The van der Waals surface area contributed by atoms with Crippen molar-refractivity contribution in [1.29, 1.82) is 0 Å². The number of amides is 1. The van der Waals surface area contributed by atoms with E-state index in [0.29, 0.717) is 13.0 Å². The number of hydrogen-bond donors (Lipinski definition) is 3. The highest BCUT2D eigenvalue weighted by molar-refractivity contribution is 5.88. The van der Waals surface area contributed by atoms with E-state index in [1.807, 2.05) is 36.4 Å². The van der Waals surface area contributed by atoms with Gasteiger partial charge in [0, 0.05) is 0 Å². The zero-order valence-corrected chi connectivity index (χ0v) is 17.8. The molecule has 1 heterocycles. The van der Waals surface area contributed by atoms with Gasteiger partial charge in [-0.15, -0.1) is 0 Å². The molecule has 1 atom stereocenters. The van der Waals surface area contributed by atoms with Crippen molar-refractivity contribution in [2.45, 2.75) is 19.4 Å². The van der Waals surface area contributed by atoms with Gasteiger partial charge in [-0.05, 0) is 30.5 Å². The van der Waals surface area contributed by atoms with E-state index in [1.165, 1.54) is 10.5 Å². The van der Waals surface area contributed by atoms with Crippen molar-refractivity contribution in [3.63, 3.8) is 0 Å². The summed E-state index contributed by atoms with van der Waals surface area (Å²) in [5, 5.41) is 2.95. The van der Waals surface area contributed by atoms with Crippen LogP contribution in [0, 0.1) is 0 Å². The molecule has 5 heteroatoms. The molecule has 0 spiro atoms. The monoisotopic (exact) mass is 407 g/mol. The summed E-state index contributed by atoms with van der Waals surface area (Å²) in [7, 11) is 0. The second-order valence-corrected chi connectivity index (χ2v) is 8.11. The predicted octanol–water partition coefficient (Wildman–Crippen LogP) is -0.200. The van der Waals surface area contributed by atoms with Crippen LogP contribution in [-0.4, -0.2) is 57.0 Å². The quantitative estimate of drug-likeness (QED) is 0.539. The predicted molar refractivity (Wildman–Crippen MR) is 119 cm³/mol. The molecule has 1 aliphatic rings. The molecule has 1 amide bonds. The summed E-state index contributed by atoms with van der Waals surface area (Å²) in [4.78, 5) is 27.4. The van der Waals surface area contributed by atoms with Crippen LogP contribution >= 0.6 is 0 Å². The summed E-state index contributed by atoms with van der Waals surface area (Å²) in [6.45, 7) is 7.07. The molecule has 1 saturated heterocycles. The Balaban J connectivity index is 1.39. The smallest absolute Gasteiger partial charge is 0.275 e. The summed E-state index contributed by atoms with van der Waals surface area (Å²) in [6.07, 6.45) is 4.96. The van der Waals surface area contributed by atoms with Gasteiger partial charge in [0.2, 0.25) is 0 Å². The van der Waals surface area contributed by atoms with Crippen LogP contribution in [0.25, 0.3) is 6.08 Å². The Morgan fingerprint density at radius 2 is 1.53 bits per heavy atom. The molecule has 0 aliphatic carbocycles. The van der Waals surface area contributed by atoms with Gasteiger partial charge >= 0.3 is 0 Å². The van der Waals surface area contributed by atoms with Crippen LogP contribution in [0.3, 0.4) is 0 Å². The number of nitrogens with one attached hydrogen (secondary N) is 3. The van der Waals surface area contributed by atoms with Gasteiger partial charge < -0.3 is 15.1 Å². The standard InChI is InChI=1S/C25H31N3O2/c1-21(29)24(19-23-11-6-3-7-12-23)26-25(30)20-28-17-15-27(16-18-28)14-8-13-22-9-4-2-5-10-22/h2-13,24H,14-20H2,1H3,(H,26,30)/p+2/b13-8+/t24-/m0/s1. The average Bonchev–Trinajstić information content (AvgIpc) is 2.76.